The second-order valence-electron chi connectivity index (χ2n) is 3.74. The van der Waals surface area contributed by atoms with Gasteiger partial charge in [0, 0.05) is 29.8 Å². The number of piperidine rings is 1. The summed E-state index contributed by atoms with van der Waals surface area (Å²) in [4.78, 5) is 11.3. The lowest BCUT2D eigenvalue weighted by molar-refractivity contribution is 0.493. The molecule has 2 atom stereocenters. The summed E-state index contributed by atoms with van der Waals surface area (Å²) in [6.07, 6.45) is 7.76. The summed E-state index contributed by atoms with van der Waals surface area (Å²) in [5.41, 5.74) is 0. The minimum atomic E-state index is 0.570. The molecule has 76 valence electrons. The summed E-state index contributed by atoms with van der Waals surface area (Å²) in [5.74, 6) is 0.990. The molecule has 0 bridgehead atoms. The molecule has 0 saturated carbocycles. The maximum Gasteiger partial charge on any atom is 0.147 e. The standard InChI is InChI=1S/C10H14BrN3/c1-8-2-3-9(11)7-14(8)10-6-12-4-5-13-10/h4-6,8-9H,2-3,7H2,1H3. The fraction of sp³-hybridized carbons (Fsp3) is 0.600. The normalized spacial score (nSPS) is 27.7. The lowest BCUT2D eigenvalue weighted by Gasteiger charge is -2.36. The Labute approximate surface area is 92.7 Å². The Morgan fingerprint density at radius 3 is 3.00 bits per heavy atom. The molecule has 0 amide bonds. The van der Waals surface area contributed by atoms with Gasteiger partial charge in [-0.2, -0.15) is 0 Å². The highest BCUT2D eigenvalue weighted by molar-refractivity contribution is 9.09. The molecular weight excluding hydrogens is 242 g/mol. The van der Waals surface area contributed by atoms with Crippen LogP contribution in [0.25, 0.3) is 0 Å². The van der Waals surface area contributed by atoms with Crippen LogP contribution >= 0.6 is 15.9 Å². The number of nitrogens with zero attached hydrogens (tertiary/aromatic N) is 3. The minimum Gasteiger partial charge on any atom is -0.352 e. The summed E-state index contributed by atoms with van der Waals surface area (Å²) in [7, 11) is 0. The van der Waals surface area contributed by atoms with Gasteiger partial charge in [0.25, 0.3) is 0 Å². The van der Waals surface area contributed by atoms with E-state index in [1.54, 1.807) is 12.4 Å². The Morgan fingerprint density at radius 2 is 2.29 bits per heavy atom. The highest BCUT2D eigenvalue weighted by Gasteiger charge is 2.24. The van der Waals surface area contributed by atoms with Crippen molar-refractivity contribution in [2.24, 2.45) is 0 Å². The van der Waals surface area contributed by atoms with Gasteiger partial charge in [-0.3, -0.25) is 4.98 Å². The monoisotopic (exact) mass is 255 g/mol. The molecule has 4 heteroatoms. The molecule has 0 aliphatic carbocycles. The van der Waals surface area contributed by atoms with Crippen LogP contribution in [0.4, 0.5) is 5.82 Å². The van der Waals surface area contributed by atoms with Crippen LogP contribution in [-0.4, -0.2) is 27.4 Å². The number of hydrogen-bond acceptors (Lipinski definition) is 3. The van der Waals surface area contributed by atoms with Crippen molar-refractivity contribution < 1.29 is 0 Å². The molecule has 0 aromatic carbocycles. The number of halogens is 1. The average molecular weight is 256 g/mol. The molecule has 2 rings (SSSR count). The Balaban J connectivity index is 2.16. The van der Waals surface area contributed by atoms with Crippen LogP contribution < -0.4 is 4.90 Å². The van der Waals surface area contributed by atoms with Crippen LogP contribution in [0.3, 0.4) is 0 Å². The number of rotatable bonds is 1. The van der Waals surface area contributed by atoms with Gasteiger partial charge in [-0.25, -0.2) is 4.98 Å². The molecule has 1 aliphatic rings. The molecule has 1 saturated heterocycles. The zero-order valence-corrected chi connectivity index (χ0v) is 9.81. The van der Waals surface area contributed by atoms with E-state index < -0.39 is 0 Å². The van der Waals surface area contributed by atoms with E-state index in [0.717, 1.165) is 12.4 Å². The summed E-state index contributed by atoms with van der Waals surface area (Å²) in [6.45, 7) is 3.27. The molecule has 0 spiro atoms. The van der Waals surface area contributed by atoms with Crippen LogP contribution in [0.2, 0.25) is 0 Å². The van der Waals surface area contributed by atoms with E-state index >= 15 is 0 Å². The molecule has 1 fully saturated rings. The van der Waals surface area contributed by atoms with Crippen LogP contribution in [0.5, 0.6) is 0 Å². The maximum atomic E-state index is 4.33. The number of aromatic nitrogens is 2. The quantitative estimate of drug-likeness (QED) is 0.721. The summed E-state index contributed by atoms with van der Waals surface area (Å²) in [5, 5.41) is 0. The van der Waals surface area contributed by atoms with E-state index in [9.17, 15) is 0 Å². The van der Waals surface area contributed by atoms with Crippen molar-refractivity contribution in [3.8, 4) is 0 Å². The molecule has 2 unspecified atom stereocenters. The lowest BCUT2D eigenvalue weighted by Crippen LogP contribution is -2.42. The van der Waals surface area contributed by atoms with E-state index in [1.165, 1.54) is 12.8 Å². The molecule has 2 heterocycles. The SMILES string of the molecule is CC1CCC(Br)CN1c1cnccn1. The molecule has 1 aliphatic heterocycles. The van der Waals surface area contributed by atoms with Crippen molar-refractivity contribution in [2.45, 2.75) is 30.6 Å². The molecule has 0 N–H and O–H groups in total. The van der Waals surface area contributed by atoms with E-state index in [-0.39, 0.29) is 0 Å². The van der Waals surface area contributed by atoms with Crippen molar-refractivity contribution in [1.29, 1.82) is 0 Å². The maximum absolute atomic E-state index is 4.33. The Morgan fingerprint density at radius 1 is 1.43 bits per heavy atom. The van der Waals surface area contributed by atoms with Crippen LogP contribution in [0, 0.1) is 0 Å². The fourth-order valence-corrected chi connectivity index (χ4v) is 2.40. The van der Waals surface area contributed by atoms with Gasteiger partial charge in [0.05, 0.1) is 6.20 Å². The topological polar surface area (TPSA) is 29.0 Å². The number of anilines is 1. The predicted molar refractivity (Wildman–Crippen MR) is 60.8 cm³/mol. The summed E-state index contributed by atoms with van der Waals surface area (Å²) >= 11 is 3.66. The third-order valence-corrected chi connectivity index (χ3v) is 3.42. The largest absolute Gasteiger partial charge is 0.352 e. The number of hydrogen-bond donors (Lipinski definition) is 0. The zero-order valence-electron chi connectivity index (χ0n) is 8.23. The molecular formula is C10H14BrN3. The highest BCUT2D eigenvalue weighted by Crippen LogP contribution is 2.25. The summed E-state index contributed by atoms with van der Waals surface area (Å²) in [6, 6.07) is 0.570. The van der Waals surface area contributed by atoms with Gasteiger partial charge >= 0.3 is 0 Å². The third-order valence-electron chi connectivity index (χ3n) is 2.67. The van der Waals surface area contributed by atoms with Crippen LogP contribution in [0.15, 0.2) is 18.6 Å². The lowest BCUT2D eigenvalue weighted by atomic mass is 10.0. The first-order chi connectivity index (χ1) is 6.77. The molecule has 0 radical (unpaired) electrons. The fourth-order valence-electron chi connectivity index (χ4n) is 1.82. The van der Waals surface area contributed by atoms with Crippen molar-refractivity contribution in [3.63, 3.8) is 0 Å². The van der Waals surface area contributed by atoms with Crippen molar-refractivity contribution in [1.82, 2.24) is 9.97 Å². The zero-order chi connectivity index (χ0) is 9.97. The first-order valence-electron chi connectivity index (χ1n) is 4.94. The van der Waals surface area contributed by atoms with Crippen molar-refractivity contribution >= 4 is 21.7 Å². The van der Waals surface area contributed by atoms with Gasteiger partial charge in [-0.1, -0.05) is 15.9 Å². The molecule has 1 aromatic rings. The van der Waals surface area contributed by atoms with E-state index in [2.05, 4.69) is 37.7 Å². The number of alkyl halides is 1. The van der Waals surface area contributed by atoms with Gasteiger partial charge in [-0.15, -0.1) is 0 Å². The second kappa shape index (κ2) is 4.26. The van der Waals surface area contributed by atoms with Crippen LogP contribution in [-0.2, 0) is 0 Å². The van der Waals surface area contributed by atoms with Crippen molar-refractivity contribution in [2.75, 3.05) is 11.4 Å². The van der Waals surface area contributed by atoms with Crippen LogP contribution in [0.1, 0.15) is 19.8 Å². The minimum absolute atomic E-state index is 0.570. The first kappa shape index (κ1) is 9.90. The average Bonchev–Trinajstić information content (AvgIpc) is 2.23. The van der Waals surface area contributed by atoms with Gasteiger partial charge in [-0.05, 0) is 19.8 Å². The Kier molecular flexibility index (Phi) is 3.01. The molecule has 3 nitrogen and oxygen atoms in total. The Hall–Kier alpha value is -0.640. The van der Waals surface area contributed by atoms with Crippen molar-refractivity contribution in [3.05, 3.63) is 18.6 Å². The summed E-state index contributed by atoms with van der Waals surface area (Å²) < 4.78 is 0. The molecule has 14 heavy (non-hydrogen) atoms. The smallest absolute Gasteiger partial charge is 0.147 e. The van der Waals surface area contributed by atoms with Gasteiger partial charge < -0.3 is 4.90 Å². The van der Waals surface area contributed by atoms with E-state index in [4.69, 9.17) is 0 Å². The van der Waals surface area contributed by atoms with Gasteiger partial charge in [0.1, 0.15) is 5.82 Å². The first-order valence-corrected chi connectivity index (χ1v) is 5.85. The van der Waals surface area contributed by atoms with Gasteiger partial charge in [0.2, 0.25) is 0 Å². The second-order valence-corrected chi connectivity index (χ2v) is 5.03. The van der Waals surface area contributed by atoms with E-state index in [0.29, 0.717) is 10.9 Å². The highest BCUT2D eigenvalue weighted by atomic mass is 79.9. The Bertz CT molecular complexity index is 291. The predicted octanol–water partition coefficient (Wildman–Crippen LogP) is 2.23. The molecule has 1 aromatic heterocycles. The third kappa shape index (κ3) is 2.05. The van der Waals surface area contributed by atoms with E-state index in [1.807, 2.05) is 6.20 Å². The van der Waals surface area contributed by atoms with Gasteiger partial charge in [0.15, 0.2) is 0 Å².